The van der Waals surface area contributed by atoms with E-state index in [1.54, 1.807) is 24.3 Å². The van der Waals surface area contributed by atoms with E-state index in [0.717, 1.165) is 48.1 Å². The van der Waals surface area contributed by atoms with E-state index < -0.39 is 6.03 Å². The Morgan fingerprint density at radius 1 is 0.973 bits per heavy atom. The molecule has 2 aliphatic heterocycles. The Morgan fingerprint density at radius 2 is 1.68 bits per heavy atom. The lowest BCUT2D eigenvalue weighted by Gasteiger charge is -2.36. The third-order valence-corrected chi connectivity index (χ3v) is 6.27. The van der Waals surface area contributed by atoms with E-state index in [1.165, 1.54) is 0 Å². The number of nitrogens with one attached hydrogen (secondary N) is 2. The molecule has 0 atom stereocenters. The molecule has 1 fully saturated rings. The van der Waals surface area contributed by atoms with Crippen molar-refractivity contribution in [2.75, 3.05) is 38.3 Å². The lowest BCUT2D eigenvalue weighted by Crippen LogP contribution is -2.53. The van der Waals surface area contributed by atoms with Crippen LogP contribution in [0, 0.1) is 13.8 Å². The minimum atomic E-state index is -0.409. The molecule has 2 aliphatic rings. The number of guanidine groups is 1. The van der Waals surface area contributed by atoms with Crippen LogP contribution in [0.4, 0.5) is 16.4 Å². The highest BCUT2D eigenvalue weighted by atomic mass is 35.5. The second-order valence-corrected chi connectivity index (χ2v) is 9.36. The van der Waals surface area contributed by atoms with E-state index in [0.29, 0.717) is 35.7 Å². The molecule has 1 saturated heterocycles. The number of ether oxygens (including phenoxy) is 2. The van der Waals surface area contributed by atoms with Crippen LogP contribution in [0.5, 0.6) is 11.5 Å². The zero-order valence-electron chi connectivity index (χ0n) is 20.7. The molecule has 2 N–H and O–H groups in total. The molecule has 1 aromatic heterocycles. The van der Waals surface area contributed by atoms with E-state index in [4.69, 9.17) is 21.1 Å². The molecule has 0 aliphatic carbocycles. The Kier molecular flexibility index (Phi) is 7.38. The second-order valence-electron chi connectivity index (χ2n) is 8.92. The van der Waals surface area contributed by atoms with Crippen LogP contribution >= 0.6 is 11.6 Å². The van der Waals surface area contributed by atoms with Gasteiger partial charge in [-0.05, 0) is 61.9 Å². The summed E-state index contributed by atoms with van der Waals surface area (Å²) in [7, 11) is 0. The number of urea groups is 1. The van der Waals surface area contributed by atoms with Gasteiger partial charge in [0.2, 0.25) is 12.8 Å². The molecule has 2 aromatic carbocycles. The van der Waals surface area contributed by atoms with Crippen LogP contribution in [0.1, 0.15) is 17.0 Å². The van der Waals surface area contributed by atoms with Crippen molar-refractivity contribution >= 4 is 35.2 Å². The molecule has 0 bridgehead atoms. The smallest absolute Gasteiger partial charge is 0.326 e. The number of piperazine rings is 1. The lowest BCUT2D eigenvalue weighted by molar-refractivity contribution is 0.171. The van der Waals surface area contributed by atoms with Crippen molar-refractivity contribution in [1.29, 1.82) is 0 Å². The first-order valence-corrected chi connectivity index (χ1v) is 12.4. The average Bonchev–Trinajstić information content (AvgIpc) is 3.33. The standard InChI is InChI=1S/C26H28ClN7O3/c1-17-13-18(2)29-24(28-17)31-25(32-26(35)30-21-6-4-20(27)5-7-21)34-11-9-33(10-12-34)15-19-3-8-22-23(14-19)37-16-36-22/h3-8,13-14H,9-12,15-16H2,1-2H3,(H2,28,29,30,31,32,35). The SMILES string of the molecule is Cc1cc(C)nc(/N=C(\NC(=O)Nc2ccc(Cl)cc2)N2CCN(Cc3ccc4c(c3)OCO4)CC2)n1. The summed E-state index contributed by atoms with van der Waals surface area (Å²) in [5.41, 5.74) is 3.41. The maximum Gasteiger partial charge on any atom is 0.326 e. The molecule has 0 spiro atoms. The van der Waals surface area contributed by atoms with Crippen molar-refractivity contribution in [2.45, 2.75) is 20.4 Å². The summed E-state index contributed by atoms with van der Waals surface area (Å²) in [5.74, 6) is 2.28. The zero-order valence-corrected chi connectivity index (χ0v) is 21.5. The first-order chi connectivity index (χ1) is 17.9. The van der Waals surface area contributed by atoms with Crippen LogP contribution < -0.4 is 20.1 Å². The van der Waals surface area contributed by atoms with Crippen LogP contribution in [0.3, 0.4) is 0 Å². The number of carbonyl (C=O) groups is 1. The van der Waals surface area contributed by atoms with Crippen molar-refractivity contribution in [3.8, 4) is 11.5 Å². The number of aromatic nitrogens is 2. The number of nitrogens with zero attached hydrogens (tertiary/aromatic N) is 5. The molecule has 11 heteroatoms. The molecule has 0 saturated carbocycles. The highest BCUT2D eigenvalue weighted by Gasteiger charge is 2.23. The van der Waals surface area contributed by atoms with Gasteiger partial charge in [-0.25, -0.2) is 14.8 Å². The lowest BCUT2D eigenvalue weighted by atomic mass is 10.1. The highest BCUT2D eigenvalue weighted by Crippen LogP contribution is 2.32. The minimum absolute atomic E-state index is 0.266. The number of hydrogen-bond acceptors (Lipinski definition) is 7. The quantitative estimate of drug-likeness (QED) is 0.393. The Balaban J connectivity index is 1.27. The molecule has 2 amide bonds. The maximum absolute atomic E-state index is 12.8. The van der Waals surface area contributed by atoms with Crippen LogP contribution in [-0.4, -0.2) is 64.7 Å². The second kappa shape index (κ2) is 11.0. The molecule has 5 rings (SSSR count). The maximum atomic E-state index is 12.8. The van der Waals surface area contributed by atoms with Gasteiger partial charge in [-0.2, -0.15) is 4.99 Å². The third kappa shape index (κ3) is 6.46. The number of hydrogen-bond donors (Lipinski definition) is 2. The summed E-state index contributed by atoms with van der Waals surface area (Å²) in [5, 5.41) is 6.31. The molecule has 0 radical (unpaired) electrons. The molecular weight excluding hydrogens is 494 g/mol. The molecule has 37 heavy (non-hydrogen) atoms. The monoisotopic (exact) mass is 521 g/mol. The first kappa shape index (κ1) is 24.8. The Morgan fingerprint density at radius 3 is 2.41 bits per heavy atom. The topological polar surface area (TPSA) is 104 Å². The van der Waals surface area contributed by atoms with Crippen LogP contribution in [0.15, 0.2) is 53.5 Å². The van der Waals surface area contributed by atoms with Crippen molar-refractivity contribution in [2.24, 2.45) is 4.99 Å². The van der Waals surface area contributed by atoms with E-state index >= 15 is 0 Å². The van der Waals surface area contributed by atoms with Crippen molar-refractivity contribution < 1.29 is 14.3 Å². The van der Waals surface area contributed by atoms with Gasteiger partial charge < -0.3 is 19.7 Å². The molecule has 0 unspecified atom stereocenters. The summed E-state index contributed by atoms with van der Waals surface area (Å²) in [6, 6.07) is 14.4. The first-order valence-electron chi connectivity index (χ1n) is 12.0. The van der Waals surface area contributed by atoms with Crippen LogP contribution in [-0.2, 0) is 6.54 Å². The molecular formula is C26H28ClN7O3. The summed E-state index contributed by atoms with van der Waals surface area (Å²) in [6.07, 6.45) is 0. The van der Waals surface area contributed by atoms with Gasteiger partial charge in [-0.1, -0.05) is 17.7 Å². The summed E-state index contributed by atoms with van der Waals surface area (Å²) < 4.78 is 10.9. The Bertz CT molecular complexity index is 1290. The van der Waals surface area contributed by atoms with E-state index in [1.807, 2.05) is 36.9 Å². The largest absolute Gasteiger partial charge is 0.454 e. The number of aryl methyl sites for hydroxylation is 2. The van der Waals surface area contributed by atoms with Crippen molar-refractivity contribution in [3.63, 3.8) is 0 Å². The fourth-order valence-corrected chi connectivity index (χ4v) is 4.37. The fourth-order valence-electron chi connectivity index (χ4n) is 4.24. The Hall–Kier alpha value is -3.89. The molecule has 3 aromatic rings. The summed E-state index contributed by atoms with van der Waals surface area (Å²) in [4.78, 5) is 30.7. The number of anilines is 1. The number of rotatable bonds is 4. The highest BCUT2D eigenvalue weighted by molar-refractivity contribution is 6.30. The number of amides is 2. The summed E-state index contributed by atoms with van der Waals surface area (Å²) in [6.45, 7) is 7.78. The van der Waals surface area contributed by atoms with Crippen LogP contribution in [0.2, 0.25) is 5.02 Å². The number of carbonyl (C=O) groups excluding carboxylic acids is 1. The summed E-state index contributed by atoms with van der Waals surface area (Å²) >= 11 is 5.95. The molecule has 10 nitrogen and oxygen atoms in total. The predicted molar refractivity (Wildman–Crippen MR) is 142 cm³/mol. The zero-order chi connectivity index (χ0) is 25.8. The van der Waals surface area contributed by atoms with E-state index in [9.17, 15) is 4.79 Å². The van der Waals surface area contributed by atoms with Crippen molar-refractivity contribution in [3.05, 3.63) is 70.5 Å². The normalized spacial score (nSPS) is 15.5. The van der Waals surface area contributed by atoms with Crippen molar-refractivity contribution in [1.82, 2.24) is 25.1 Å². The van der Waals surface area contributed by atoms with Gasteiger partial charge in [0.15, 0.2) is 11.5 Å². The Labute approximate surface area is 220 Å². The van der Waals surface area contributed by atoms with Gasteiger partial charge >= 0.3 is 6.03 Å². The van der Waals surface area contributed by atoms with Gasteiger partial charge in [0.1, 0.15) is 0 Å². The number of benzene rings is 2. The fraction of sp³-hybridized carbons (Fsp3) is 0.308. The number of fused-ring (bicyclic) bond motifs is 1. The van der Waals surface area contributed by atoms with Gasteiger partial charge in [-0.15, -0.1) is 0 Å². The number of aliphatic imine (C=N–C) groups is 1. The predicted octanol–water partition coefficient (Wildman–Crippen LogP) is 4.10. The van der Waals surface area contributed by atoms with E-state index in [-0.39, 0.29) is 6.79 Å². The van der Waals surface area contributed by atoms with E-state index in [2.05, 4.69) is 36.6 Å². The van der Waals surface area contributed by atoms with Crippen LogP contribution in [0.25, 0.3) is 0 Å². The minimum Gasteiger partial charge on any atom is -0.454 e. The number of halogens is 1. The third-order valence-electron chi connectivity index (χ3n) is 6.02. The average molecular weight is 522 g/mol. The van der Waals surface area contributed by atoms with Gasteiger partial charge in [0.05, 0.1) is 0 Å². The van der Waals surface area contributed by atoms with Gasteiger partial charge in [0.25, 0.3) is 5.95 Å². The van der Waals surface area contributed by atoms with Gasteiger partial charge in [0, 0.05) is 54.8 Å². The molecule has 192 valence electrons. The van der Waals surface area contributed by atoms with Gasteiger partial charge in [-0.3, -0.25) is 10.2 Å². The molecule has 3 heterocycles.